The molecule has 0 saturated carbocycles. The van der Waals surface area contributed by atoms with E-state index in [-0.39, 0.29) is 43.2 Å². The number of alkyl carbamates (subject to hydrolysis) is 1. The van der Waals surface area contributed by atoms with Crippen LogP contribution >= 0.6 is 43.5 Å². The van der Waals surface area contributed by atoms with Gasteiger partial charge in [-0.25, -0.2) is 9.59 Å². The van der Waals surface area contributed by atoms with Crippen LogP contribution in [-0.2, 0) is 49.3 Å². The summed E-state index contributed by atoms with van der Waals surface area (Å²) in [6, 6.07) is 4.97. The van der Waals surface area contributed by atoms with Crippen molar-refractivity contribution in [1.29, 1.82) is 0 Å². The fourth-order valence-electron chi connectivity index (χ4n) is 10.2. The van der Waals surface area contributed by atoms with Gasteiger partial charge in [0, 0.05) is 55.1 Å². The first-order valence-corrected chi connectivity index (χ1v) is 30.2. The Bertz CT molecular complexity index is 2670. The third kappa shape index (κ3) is 18.6. The molecule has 83 heavy (non-hydrogen) atoms. The Morgan fingerprint density at radius 3 is 2.40 bits per heavy atom. The Kier molecular flexibility index (Phi) is 25.8. The average molecular weight is 1310 g/mol. The van der Waals surface area contributed by atoms with Crippen LogP contribution in [0.3, 0.4) is 0 Å². The van der Waals surface area contributed by atoms with Gasteiger partial charge >= 0.3 is 12.1 Å². The van der Waals surface area contributed by atoms with Gasteiger partial charge in [0.1, 0.15) is 53.3 Å². The minimum absolute atomic E-state index is 0.0933. The highest BCUT2D eigenvalue weighted by atomic mass is 79.9. The zero-order valence-corrected chi connectivity index (χ0v) is 52.4. The molecule has 3 aliphatic rings. The SMILES string of the molecule is COc1cc2cc(c1Cl)N(C)C(=O)C[C@H](OC(O)Nc1ccc(NC(=O)[C@H](CCCNC(N)=O)NC(=O)[C@@H](NC(C=O)CCCCNC(C=O)(CBr)CBr)C(C)C)c(C)c1)[C@]1(C)O[C@H]1[C@H](C)[C@@H]1C[C@@](O)(NC(=O)O1)[C@H](OC)/C=C/C=C(\C)C2. The molecule has 2 fully saturated rings. The maximum absolute atomic E-state index is 14.5. The summed E-state index contributed by atoms with van der Waals surface area (Å²) in [7, 11) is 4.46. The molecule has 2 aromatic carbocycles. The molecule has 26 heteroatoms. The lowest BCUT2D eigenvalue weighted by Crippen LogP contribution is -2.63. The Morgan fingerprint density at radius 1 is 1.05 bits per heavy atom. The van der Waals surface area contributed by atoms with Crippen molar-refractivity contribution in [2.45, 2.75) is 159 Å². The van der Waals surface area contributed by atoms with Crippen LogP contribution in [0.25, 0.3) is 0 Å². The minimum atomic E-state index is -1.88. The average Bonchev–Trinajstić information content (AvgIpc) is 3.55. The lowest BCUT2D eigenvalue weighted by atomic mass is 9.83. The summed E-state index contributed by atoms with van der Waals surface area (Å²) in [5, 5.41) is 44.7. The zero-order valence-electron chi connectivity index (χ0n) is 48.5. The number of aryl methyl sites for hydroxylation is 1. The number of alkyl halides is 2. The normalized spacial score (nSPS) is 25.4. The standard InChI is InChI=1S/C57H82Br2ClN9O14/c1-32(2)48(64-38(28-70)15-10-11-21-63-56(29-58,30-59)31-71)51(74)67-40(16-13-20-62-52(61)75)50(73)66-39-19-18-37(23-34(39)4)65-53(76)82-45-26-46(72)69(7)41-24-36(25-42(79-8)47(41)60)22-33(3)14-12-17-44(80-9)57(78)27-43(81-54(77)68-57)35(5)49-55(45,6)83-49/h12,14,17-19,23-25,28,31-32,35,38,40,43-45,48-49,53,63-65,76,78H,10-11,13,15-16,20-22,26-27,29-30H2,1-9H3,(H,66,73)(H,67,74)(H,68,77)(H3,61,62,75)/b17-12+,33-14+/t35-,38?,40+,43+,44-,45+,48+,49+,53?,55+,57+/m1/s1. The number of nitrogens with two attached hydrogens (primary N) is 1. The summed E-state index contributed by atoms with van der Waals surface area (Å²) < 4.78 is 29.7. The minimum Gasteiger partial charge on any atom is -0.495 e. The van der Waals surface area contributed by atoms with Crippen LogP contribution in [0.15, 0.2) is 54.1 Å². The fourth-order valence-corrected chi connectivity index (χ4v) is 12.1. The molecular weight excluding hydrogens is 1230 g/mol. The van der Waals surface area contributed by atoms with Gasteiger partial charge in [-0.05, 0) is 107 Å². The lowest BCUT2D eigenvalue weighted by molar-refractivity contribution is -0.148. The molecule has 23 nitrogen and oxygen atoms in total. The number of nitrogens with zero attached hydrogens (tertiary/aromatic N) is 1. The first-order chi connectivity index (χ1) is 39.3. The predicted molar refractivity (Wildman–Crippen MR) is 322 cm³/mol. The van der Waals surface area contributed by atoms with E-state index in [1.165, 1.54) is 19.1 Å². The number of primary amides is 1. The number of epoxide rings is 1. The number of nitrogens with one attached hydrogen (secondary N) is 7. The first-order valence-electron chi connectivity index (χ1n) is 27.6. The molecule has 11 atom stereocenters. The van der Waals surface area contributed by atoms with Gasteiger partial charge in [-0.15, -0.1) is 0 Å². The van der Waals surface area contributed by atoms with Gasteiger partial charge in [0.2, 0.25) is 24.1 Å². The van der Waals surface area contributed by atoms with E-state index in [1.54, 1.807) is 70.3 Å². The number of carbonyl (C=O) groups is 7. The molecule has 3 aliphatic heterocycles. The third-order valence-electron chi connectivity index (χ3n) is 15.2. The lowest BCUT2D eigenvalue weighted by Gasteiger charge is -2.42. The molecule has 2 aromatic rings. The number of unbranched alkanes of at least 4 members (excludes halogenated alkanes) is 1. The molecule has 0 aromatic heterocycles. The number of rotatable bonds is 27. The first kappa shape index (κ1) is 68.6. The van der Waals surface area contributed by atoms with Crippen molar-refractivity contribution in [2.24, 2.45) is 17.6 Å². The Morgan fingerprint density at radius 2 is 1.77 bits per heavy atom. The van der Waals surface area contributed by atoms with Crippen LogP contribution in [-0.4, -0.2) is 163 Å². The Balaban J connectivity index is 1.34. The number of benzene rings is 2. The second-order valence-electron chi connectivity index (χ2n) is 22.0. The largest absolute Gasteiger partial charge is 0.495 e. The highest BCUT2D eigenvalue weighted by Gasteiger charge is 2.64. The monoisotopic (exact) mass is 1310 g/mol. The van der Waals surface area contributed by atoms with Crippen LogP contribution in [0.2, 0.25) is 5.02 Å². The van der Waals surface area contributed by atoms with Crippen molar-refractivity contribution in [2.75, 3.05) is 60.6 Å². The number of carbonyl (C=O) groups excluding carboxylic acids is 7. The third-order valence-corrected chi connectivity index (χ3v) is 17.6. The maximum Gasteiger partial charge on any atom is 0.409 e. The van der Waals surface area contributed by atoms with Gasteiger partial charge < -0.3 is 80.7 Å². The van der Waals surface area contributed by atoms with Gasteiger partial charge in [0.05, 0.1) is 42.9 Å². The molecule has 0 radical (unpaired) electrons. The van der Waals surface area contributed by atoms with E-state index in [2.05, 4.69) is 69.1 Å². The van der Waals surface area contributed by atoms with Crippen molar-refractivity contribution < 1.29 is 67.5 Å². The number of hydrogen-bond donors (Lipinski definition) is 10. The van der Waals surface area contributed by atoms with Crippen molar-refractivity contribution >= 4 is 103 Å². The molecule has 3 heterocycles. The van der Waals surface area contributed by atoms with Crippen LogP contribution in [0.4, 0.5) is 26.7 Å². The summed E-state index contributed by atoms with van der Waals surface area (Å²) in [5.41, 5.74) is 4.67. The quantitative estimate of drug-likeness (QED) is 0.0176. The number of amides is 6. The predicted octanol–water partition coefficient (Wildman–Crippen LogP) is 5.38. The summed E-state index contributed by atoms with van der Waals surface area (Å²) in [4.78, 5) is 92.4. The highest BCUT2D eigenvalue weighted by Crippen LogP contribution is 2.49. The molecule has 2 unspecified atom stereocenters. The number of urea groups is 1. The molecule has 0 spiro atoms. The van der Waals surface area contributed by atoms with E-state index >= 15 is 0 Å². The van der Waals surface area contributed by atoms with Crippen LogP contribution in [0.1, 0.15) is 90.7 Å². The van der Waals surface area contributed by atoms with Crippen LogP contribution in [0, 0.1) is 18.8 Å². The Labute approximate surface area is 507 Å². The van der Waals surface area contributed by atoms with E-state index in [4.69, 9.17) is 41.0 Å². The second-order valence-corrected chi connectivity index (χ2v) is 23.5. The van der Waals surface area contributed by atoms with Crippen molar-refractivity contribution in [3.63, 3.8) is 0 Å². The maximum atomic E-state index is 14.5. The van der Waals surface area contributed by atoms with Crippen LogP contribution in [0.5, 0.6) is 5.75 Å². The molecule has 6 amide bonds. The molecule has 0 aliphatic carbocycles. The smallest absolute Gasteiger partial charge is 0.409 e. The molecular formula is C57H82Br2ClN9O14. The van der Waals surface area contributed by atoms with E-state index in [1.807, 2.05) is 26.8 Å². The van der Waals surface area contributed by atoms with Gasteiger partial charge in [-0.1, -0.05) is 94.5 Å². The number of fused-ring (bicyclic) bond motifs is 5. The number of halogens is 3. The number of anilines is 3. The van der Waals surface area contributed by atoms with E-state index in [0.29, 0.717) is 71.3 Å². The van der Waals surface area contributed by atoms with Crippen molar-refractivity contribution in [3.05, 3.63) is 70.3 Å². The number of hydrogen-bond acceptors (Lipinski definition) is 17. The molecule has 4 bridgehead atoms. The molecule has 460 valence electrons. The van der Waals surface area contributed by atoms with Crippen molar-refractivity contribution in [3.8, 4) is 5.75 Å². The summed E-state index contributed by atoms with van der Waals surface area (Å²) in [6.45, 7) is 11.4. The topological polar surface area (TPSA) is 323 Å². The molecule has 11 N–H and O–H groups in total. The van der Waals surface area contributed by atoms with Crippen LogP contribution < -0.4 is 52.6 Å². The Hall–Kier alpha value is -5.22. The summed E-state index contributed by atoms with van der Waals surface area (Å²) in [5.74, 6) is -2.09. The summed E-state index contributed by atoms with van der Waals surface area (Å²) in [6.07, 6.45) is 2.48. The summed E-state index contributed by atoms with van der Waals surface area (Å²) >= 11 is 13.6. The van der Waals surface area contributed by atoms with Crippen molar-refractivity contribution in [1.82, 2.24) is 26.6 Å². The number of aliphatic hydroxyl groups is 2. The number of aldehydes is 2. The van der Waals surface area contributed by atoms with Gasteiger partial charge in [0.15, 0.2) is 5.72 Å². The van der Waals surface area contributed by atoms with E-state index in [0.717, 1.165) is 23.7 Å². The van der Waals surface area contributed by atoms with E-state index in [9.17, 15) is 43.8 Å². The molecule has 2 saturated heterocycles. The van der Waals surface area contributed by atoms with Gasteiger partial charge in [0.25, 0.3) is 0 Å². The second kappa shape index (κ2) is 31.3. The molecule has 5 rings (SSSR count). The number of methoxy groups -OCH3 is 2. The van der Waals surface area contributed by atoms with Gasteiger partial charge in [-0.3, -0.25) is 25.0 Å². The fraction of sp³-hybridized carbons (Fsp3) is 0.596. The number of aliphatic hydroxyl groups excluding tert-OH is 1. The van der Waals surface area contributed by atoms with Gasteiger partial charge in [-0.2, -0.15) is 0 Å². The number of allylic oxidation sites excluding steroid dienone is 3. The number of ether oxygens (including phenoxy) is 5. The highest BCUT2D eigenvalue weighted by molar-refractivity contribution is 9.10. The zero-order chi connectivity index (χ0) is 61.4. The van der Waals surface area contributed by atoms with E-state index < -0.39 is 102 Å².